The predicted octanol–water partition coefficient (Wildman–Crippen LogP) is 1.38. The predicted molar refractivity (Wildman–Crippen MR) is 118 cm³/mol. The fourth-order valence-corrected chi connectivity index (χ4v) is 5.54. The second kappa shape index (κ2) is 10.6. The van der Waals surface area contributed by atoms with E-state index in [0.717, 1.165) is 64.5 Å². The van der Waals surface area contributed by atoms with Crippen molar-refractivity contribution in [3.63, 3.8) is 0 Å². The summed E-state index contributed by atoms with van der Waals surface area (Å²) < 4.78 is 32.7. The van der Waals surface area contributed by atoms with Gasteiger partial charge in [-0.15, -0.1) is 0 Å². The number of benzene rings is 1. The SMILES string of the molecule is CCN(CC)S(=O)(=O)c1ccc(N2CCCC2)c(C(=O)NCCN2CCOCC2)c1. The molecular weight excluding hydrogens is 404 g/mol. The number of amides is 1. The molecule has 0 atom stereocenters. The van der Waals surface area contributed by atoms with Crippen molar-refractivity contribution in [1.82, 2.24) is 14.5 Å². The molecule has 0 bridgehead atoms. The summed E-state index contributed by atoms with van der Waals surface area (Å²) in [6.45, 7) is 10.7. The van der Waals surface area contributed by atoms with Gasteiger partial charge < -0.3 is 15.0 Å². The van der Waals surface area contributed by atoms with Crippen molar-refractivity contribution < 1.29 is 17.9 Å². The van der Waals surface area contributed by atoms with Gasteiger partial charge in [-0.3, -0.25) is 9.69 Å². The van der Waals surface area contributed by atoms with Crippen molar-refractivity contribution >= 4 is 21.6 Å². The fraction of sp³-hybridized carbons (Fsp3) is 0.667. The Morgan fingerprint density at radius 1 is 1.10 bits per heavy atom. The number of nitrogens with zero attached hydrogens (tertiary/aromatic N) is 3. The Balaban J connectivity index is 1.80. The van der Waals surface area contributed by atoms with Gasteiger partial charge in [0.2, 0.25) is 10.0 Å². The smallest absolute Gasteiger partial charge is 0.253 e. The summed E-state index contributed by atoms with van der Waals surface area (Å²) in [5.41, 5.74) is 1.25. The van der Waals surface area contributed by atoms with E-state index >= 15 is 0 Å². The van der Waals surface area contributed by atoms with Crippen LogP contribution in [0.25, 0.3) is 0 Å². The molecule has 168 valence electrons. The van der Waals surface area contributed by atoms with E-state index in [-0.39, 0.29) is 10.8 Å². The van der Waals surface area contributed by atoms with Crippen molar-refractivity contribution in [2.45, 2.75) is 31.6 Å². The number of hydrogen-bond donors (Lipinski definition) is 1. The number of anilines is 1. The quantitative estimate of drug-likeness (QED) is 0.627. The standard InChI is InChI=1S/C21H34N4O4S/c1-3-25(4-2)30(27,28)18-7-8-20(24-10-5-6-11-24)19(17-18)21(26)22-9-12-23-13-15-29-16-14-23/h7-8,17H,3-6,9-16H2,1-2H3,(H,22,26). The van der Waals surface area contributed by atoms with E-state index in [9.17, 15) is 13.2 Å². The van der Waals surface area contributed by atoms with E-state index in [1.807, 2.05) is 13.8 Å². The average molecular weight is 439 g/mol. The van der Waals surface area contributed by atoms with Gasteiger partial charge >= 0.3 is 0 Å². The Hall–Kier alpha value is -1.68. The summed E-state index contributed by atoms with van der Waals surface area (Å²) >= 11 is 0. The molecule has 0 aliphatic carbocycles. The molecule has 8 nitrogen and oxygen atoms in total. The van der Waals surface area contributed by atoms with Crippen LogP contribution in [0.2, 0.25) is 0 Å². The first kappa shape index (κ1) is 23.0. The average Bonchev–Trinajstić information content (AvgIpc) is 3.29. The molecule has 0 saturated carbocycles. The largest absolute Gasteiger partial charge is 0.379 e. The molecule has 2 fully saturated rings. The lowest BCUT2D eigenvalue weighted by atomic mass is 10.1. The van der Waals surface area contributed by atoms with Crippen LogP contribution in [0.5, 0.6) is 0 Å². The van der Waals surface area contributed by atoms with Gasteiger partial charge in [-0.2, -0.15) is 4.31 Å². The number of carbonyl (C=O) groups is 1. The van der Waals surface area contributed by atoms with Crippen LogP contribution in [0.4, 0.5) is 5.69 Å². The minimum Gasteiger partial charge on any atom is -0.379 e. The highest BCUT2D eigenvalue weighted by molar-refractivity contribution is 7.89. The molecule has 2 saturated heterocycles. The van der Waals surface area contributed by atoms with E-state index in [1.54, 1.807) is 18.2 Å². The first-order valence-corrected chi connectivity index (χ1v) is 12.4. The molecule has 0 unspecified atom stereocenters. The molecule has 1 amide bonds. The second-order valence-corrected chi connectivity index (χ2v) is 9.61. The molecule has 2 aliphatic rings. The maximum Gasteiger partial charge on any atom is 0.253 e. The van der Waals surface area contributed by atoms with Crippen molar-refractivity contribution in [3.05, 3.63) is 23.8 Å². The van der Waals surface area contributed by atoms with Crippen LogP contribution >= 0.6 is 0 Å². The lowest BCUT2D eigenvalue weighted by molar-refractivity contribution is 0.0383. The third-order valence-electron chi connectivity index (χ3n) is 5.82. The topological polar surface area (TPSA) is 82.2 Å². The van der Waals surface area contributed by atoms with Crippen LogP contribution in [-0.4, -0.2) is 89.1 Å². The Morgan fingerprint density at radius 3 is 2.40 bits per heavy atom. The molecule has 2 aliphatic heterocycles. The minimum absolute atomic E-state index is 0.174. The summed E-state index contributed by atoms with van der Waals surface area (Å²) in [5, 5.41) is 2.99. The zero-order valence-corrected chi connectivity index (χ0v) is 18.9. The van der Waals surface area contributed by atoms with E-state index in [4.69, 9.17) is 4.74 Å². The molecule has 0 aromatic heterocycles. The van der Waals surface area contributed by atoms with Crippen LogP contribution < -0.4 is 10.2 Å². The van der Waals surface area contributed by atoms with Gasteiger partial charge in [0.25, 0.3) is 5.91 Å². The minimum atomic E-state index is -3.62. The third-order valence-corrected chi connectivity index (χ3v) is 7.87. The van der Waals surface area contributed by atoms with Crippen molar-refractivity contribution in [2.75, 3.05) is 70.5 Å². The maximum atomic E-state index is 13.1. The van der Waals surface area contributed by atoms with Gasteiger partial charge in [-0.1, -0.05) is 13.8 Å². The lowest BCUT2D eigenvalue weighted by Gasteiger charge is -2.27. The first-order chi connectivity index (χ1) is 14.5. The van der Waals surface area contributed by atoms with Gasteiger partial charge in [0.15, 0.2) is 0 Å². The van der Waals surface area contributed by atoms with Gasteiger partial charge in [-0.05, 0) is 31.0 Å². The number of rotatable bonds is 9. The number of ether oxygens (including phenoxy) is 1. The van der Waals surface area contributed by atoms with Crippen molar-refractivity contribution in [2.24, 2.45) is 0 Å². The van der Waals surface area contributed by atoms with Gasteiger partial charge in [0.05, 0.1) is 23.7 Å². The van der Waals surface area contributed by atoms with Crippen LogP contribution in [-0.2, 0) is 14.8 Å². The Kier molecular flexibility index (Phi) is 8.10. The van der Waals surface area contributed by atoms with Crippen molar-refractivity contribution in [3.8, 4) is 0 Å². The van der Waals surface area contributed by atoms with Crippen LogP contribution in [0, 0.1) is 0 Å². The fourth-order valence-electron chi connectivity index (χ4n) is 4.05. The van der Waals surface area contributed by atoms with Gasteiger partial charge in [0.1, 0.15) is 0 Å². The van der Waals surface area contributed by atoms with Crippen LogP contribution in [0.1, 0.15) is 37.0 Å². The summed E-state index contributed by atoms with van der Waals surface area (Å²) in [5.74, 6) is -0.221. The molecule has 9 heteroatoms. The number of carbonyl (C=O) groups excluding carboxylic acids is 1. The third kappa shape index (κ3) is 5.32. The van der Waals surface area contributed by atoms with Gasteiger partial charge in [0, 0.05) is 58.0 Å². The van der Waals surface area contributed by atoms with Crippen molar-refractivity contribution in [1.29, 1.82) is 0 Å². The normalized spacial score (nSPS) is 18.2. The summed E-state index contributed by atoms with van der Waals surface area (Å²) in [7, 11) is -3.62. The molecule has 1 aromatic carbocycles. The summed E-state index contributed by atoms with van der Waals surface area (Å²) in [6, 6.07) is 4.97. The zero-order valence-electron chi connectivity index (χ0n) is 18.1. The van der Waals surface area contributed by atoms with Gasteiger partial charge in [-0.25, -0.2) is 8.42 Å². The number of morpholine rings is 1. The Labute approximate surface area is 180 Å². The Bertz CT molecular complexity index is 814. The highest BCUT2D eigenvalue weighted by atomic mass is 32.2. The zero-order chi connectivity index (χ0) is 21.6. The van der Waals surface area contributed by atoms with Crippen LogP contribution in [0.15, 0.2) is 23.1 Å². The summed E-state index contributed by atoms with van der Waals surface area (Å²) in [6.07, 6.45) is 2.16. The molecule has 30 heavy (non-hydrogen) atoms. The molecule has 0 radical (unpaired) electrons. The molecule has 2 heterocycles. The number of sulfonamides is 1. The molecule has 0 spiro atoms. The number of nitrogens with one attached hydrogen (secondary N) is 1. The maximum absolute atomic E-state index is 13.1. The van der Waals surface area contributed by atoms with E-state index in [2.05, 4.69) is 15.1 Å². The molecular formula is C21H34N4O4S. The lowest BCUT2D eigenvalue weighted by Crippen LogP contribution is -2.41. The first-order valence-electron chi connectivity index (χ1n) is 10.9. The van der Waals surface area contributed by atoms with E-state index < -0.39 is 10.0 Å². The van der Waals surface area contributed by atoms with Crippen LogP contribution in [0.3, 0.4) is 0 Å². The highest BCUT2D eigenvalue weighted by Gasteiger charge is 2.26. The van der Waals surface area contributed by atoms with E-state index in [1.165, 1.54) is 4.31 Å². The molecule has 3 rings (SSSR count). The molecule has 1 aromatic rings. The number of hydrogen-bond acceptors (Lipinski definition) is 6. The van der Waals surface area contributed by atoms with E-state index in [0.29, 0.717) is 25.2 Å². The monoisotopic (exact) mass is 438 g/mol. The second-order valence-electron chi connectivity index (χ2n) is 7.67. The highest BCUT2D eigenvalue weighted by Crippen LogP contribution is 2.28. The molecule has 1 N–H and O–H groups in total. The summed E-state index contributed by atoms with van der Waals surface area (Å²) in [4.78, 5) is 17.7. The Morgan fingerprint density at radius 2 is 1.77 bits per heavy atom.